The number of aldehydes is 1. The van der Waals surface area contributed by atoms with E-state index in [0.29, 0.717) is 35.9 Å². The molecule has 0 amide bonds. The summed E-state index contributed by atoms with van der Waals surface area (Å²) in [4.78, 5) is 24.3. The van der Waals surface area contributed by atoms with Gasteiger partial charge in [-0.2, -0.15) is 4.98 Å². The summed E-state index contributed by atoms with van der Waals surface area (Å²) < 4.78 is 13.0. The number of allylic oxidation sites excluding steroid dienone is 3. The molecule has 1 aromatic heterocycles. The van der Waals surface area contributed by atoms with Gasteiger partial charge in [-0.25, -0.2) is 9.98 Å². The lowest BCUT2D eigenvalue weighted by molar-refractivity contribution is 0.112. The summed E-state index contributed by atoms with van der Waals surface area (Å²) in [5, 5.41) is 12.8. The maximum atomic E-state index is 13.0. The standard InChI is InChI=1S/C26H31FN6O.C3H9N/c1-25(2,17-27)10-5-4-6-22(28-3)32-23-19(16-34)15-29-24(33-23)31-20-7-8-21-18(14-20)9-13-30-26(21)11-12-26;1-3-4-2/h4-8,14-16,30H,3,9-13,17H2,1-2H3,(H2,29,31,32,33);4H,3H2,1-2H3/b5-4-,22-6+;. The zero-order chi connectivity index (χ0) is 27.6. The summed E-state index contributed by atoms with van der Waals surface area (Å²) in [5.74, 6) is 1.10. The van der Waals surface area contributed by atoms with Gasteiger partial charge in [0.1, 0.15) is 11.6 Å². The number of benzene rings is 1. The first-order valence-electron chi connectivity index (χ1n) is 13.1. The predicted octanol–water partition coefficient (Wildman–Crippen LogP) is 5.29. The summed E-state index contributed by atoms with van der Waals surface area (Å²) >= 11 is 0. The van der Waals surface area contributed by atoms with E-state index in [9.17, 15) is 9.18 Å². The fourth-order valence-corrected chi connectivity index (χ4v) is 4.07. The number of carbonyl (C=O) groups excluding carboxylic acids is 1. The summed E-state index contributed by atoms with van der Waals surface area (Å²) in [6.45, 7) is 11.0. The second kappa shape index (κ2) is 13.4. The molecule has 38 heavy (non-hydrogen) atoms. The van der Waals surface area contributed by atoms with Crippen LogP contribution in [0.15, 0.2) is 53.4 Å². The highest BCUT2D eigenvalue weighted by atomic mass is 19.1. The van der Waals surface area contributed by atoms with Crippen LogP contribution in [0.5, 0.6) is 0 Å². The second-order valence-corrected chi connectivity index (χ2v) is 10.3. The van der Waals surface area contributed by atoms with Crippen molar-refractivity contribution in [3.05, 3.63) is 65.1 Å². The highest BCUT2D eigenvalue weighted by Crippen LogP contribution is 2.48. The van der Waals surface area contributed by atoms with E-state index in [2.05, 4.69) is 62.0 Å². The first-order chi connectivity index (χ1) is 18.3. The van der Waals surface area contributed by atoms with E-state index in [-0.39, 0.29) is 5.54 Å². The van der Waals surface area contributed by atoms with Gasteiger partial charge in [0.2, 0.25) is 5.95 Å². The van der Waals surface area contributed by atoms with Gasteiger partial charge in [-0.3, -0.25) is 9.18 Å². The fraction of sp³-hybridized carbons (Fsp3) is 0.448. The van der Waals surface area contributed by atoms with Crippen LogP contribution in [-0.2, 0) is 12.0 Å². The van der Waals surface area contributed by atoms with Gasteiger partial charge in [-0.05, 0) is 80.7 Å². The Balaban J connectivity index is 0.000000934. The van der Waals surface area contributed by atoms with Crippen molar-refractivity contribution in [1.82, 2.24) is 20.6 Å². The molecule has 0 radical (unpaired) electrons. The molecule has 1 saturated carbocycles. The van der Waals surface area contributed by atoms with Crippen molar-refractivity contribution in [2.45, 2.75) is 52.0 Å². The highest BCUT2D eigenvalue weighted by molar-refractivity contribution is 5.83. The number of hydrogen-bond acceptors (Lipinski definition) is 8. The zero-order valence-corrected chi connectivity index (χ0v) is 22.9. The lowest BCUT2D eigenvalue weighted by Gasteiger charge is -2.27. The maximum Gasteiger partial charge on any atom is 0.229 e. The van der Waals surface area contributed by atoms with Gasteiger partial charge in [-0.15, -0.1) is 0 Å². The molecule has 1 aliphatic heterocycles. The lowest BCUT2D eigenvalue weighted by atomic mass is 9.91. The predicted molar refractivity (Wildman–Crippen MR) is 154 cm³/mol. The summed E-state index contributed by atoms with van der Waals surface area (Å²) in [6, 6.07) is 6.37. The Morgan fingerprint density at radius 3 is 2.74 bits per heavy atom. The Morgan fingerprint density at radius 2 is 2.11 bits per heavy atom. The summed E-state index contributed by atoms with van der Waals surface area (Å²) in [6.07, 6.45) is 11.5. The van der Waals surface area contributed by atoms with Crippen LogP contribution in [0, 0.1) is 5.41 Å². The molecule has 2 heterocycles. The highest BCUT2D eigenvalue weighted by Gasteiger charge is 2.46. The number of aromatic nitrogens is 2. The summed E-state index contributed by atoms with van der Waals surface area (Å²) in [5.41, 5.74) is 3.70. The van der Waals surface area contributed by atoms with Gasteiger partial charge in [0.25, 0.3) is 0 Å². The van der Waals surface area contributed by atoms with Gasteiger partial charge in [0.05, 0.1) is 12.2 Å². The van der Waals surface area contributed by atoms with E-state index in [1.54, 1.807) is 12.2 Å². The number of fused-ring (bicyclic) bond motifs is 2. The van der Waals surface area contributed by atoms with Crippen molar-refractivity contribution >= 4 is 30.5 Å². The molecule has 0 saturated heterocycles. The molecule has 204 valence electrons. The van der Waals surface area contributed by atoms with Crippen LogP contribution in [0.25, 0.3) is 0 Å². The minimum absolute atomic E-state index is 0.182. The van der Waals surface area contributed by atoms with Crippen LogP contribution in [-0.4, -0.2) is 49.8 Å². The molecule has 1 aliphatic carbocycles. The first kappa shape index (κ1) is 29.1. The lowest BCUT2D eigenvalue weighted by Crippen LogP contribution is -2.36. The van der Waals surface area contributed by atoms with E-state index in [1.807, 2.05) is 33.0 Å². The van der Waals surface area contributed by atoms with Gasteiger partial charge in [0.15, 0.2) is 6.29 Å². The largest absolute Gasteiger partial charge is 0.324 e. The third-order valence-corrected chi connectivity index (χ3v) is 6.62. The Labute approximate surface area is 225 Å². The molecule has 1 aromatic carbocycles. The summed E-state index contributed by atoms with van der Waals surface area (Å²) in [7, 11) is 1.93. The molecule has 2 aromatic rings. The van der Waals surface area contributed by atoms with E-state index in [0.717, 1.165) is 25.2 Å². The van der Waals surface area contributed by atoms with Crippen LogP contribution < -0.4 is 21.3 Å². The van der Waals surface area contributed by atoms with Crippen LogP contribution in [0.1, 0.15) is 61.5 Å². The molecular weight excluding hydrogens is 481 g/mol. The number of alkyl halides is 1. The number of anilines is 3. The number of carbonyl (C=O) groups is 1. The van der Waals surface area contributed by atoms with E-state index in [1.165, 1.54) is 30.2 Å². The molecule has 8 nitrogen and oxygen atoms in total. The molecule has 0 unspecified atom stereocenters. The number of hydrogen-bond donors (Lipinski definition) is 4. The monoisotopic (exact) mass is 521 g/mol. The van der Waals surface area contributed by atoms with Crippen LogP contribution in [0.3, 0.4) is 0 Å². The first-order valence-corrected chi connectivity index (χ1v) is 13.1. The van der Waals surface area contributed by atoms with Crippen molar-refractivity contribution in [1.29, 1.82) is 0 Å². The maximum absolute atomic E-state index is 13.0. The topological polar surface area (TPSA) is 103 Å². The van der Waals surface area contributed by atoms with Gasteiger partial charge >= 0.3 is 0 Å². The van der Waals surface area contributed by atoms with E-state index < -0.39 is 12.1 Å². The Kier molecular flexibility index (Phi) is 10.3. The van der Waals surface area contributed by atoms with E-state index >= 15 is 0 Å². The van der Waals surface area contributed by atoms with Crippen LogP contribution in [0.4, 0.5) is 21.8 Å². The molecule has 4 rings (SSSR count). The Bertz CT molecular complexity index is 1170. The Hall–Kier alpha value is -3.43. The van der Waals surface area contributed by atoms with Crippen LogP contribution >= 0.6 is 0 Å². The third kappa shape index (κ3) is 7.79. The van der Waals surface area contributed by atoms with Crippen molar-refractivity contribution in [2.24, 2.45) is 10.4 Å². The second-order valence-electron chi connectivity index (χ2n) is 10.3. The number of halogens is 1. The molecule has 4 N–H and O–H groups in total. The molecular formula is C29H40FN7O. The van der Waals surface area contributed by atoms with Crippen molar-refractivity contribution in [2.75, 3.05) is 37.4 Å². The van der Waals surface area contributed by atoms with Crippen molar-refractivity contribution in [3.63, 3.8) is 0 Å². The molecule has 0 atom stereocenters. The number of aliphatic imine (C=N–C) groups is 1. The number of nitrogens with one attached hydrogen (secondary N) is 4. The van der Waals surface area contributed by atoms with Gasteiger partial charge < -0.3 is 21.3 Å². The molecule has 1 spiro atoms. The third-order valence-electron chi connectivity index (χ3n) is 6.62. The van der Waals surface area contributed by atoms with Gasteiger partial charge in [-0.1, -0.05) is 39.0 Å². The average Bonchev–Trinajstić information content (AvgIpc) is 3.70. The van der Waals surface area contributed by atoms with Crippen molar-refractivity contribution < 1.29 is 9.18 Å². The minimum atomic E-state index is -0.413. The molecule has 2 aliphatic rings. The molecule has 0 bridgehead atoms. The smallest absolute Gasteiger partial charge is 0.229 e. The Morgan fingerprint density at radius 1 is 1.34 bits per heavy atom. The minimum Gasteiger partial charge on any atom is -0.324 e. The quantitative estimate of drug-likeness (QED) is 0.181. The molecule has 9 heteroatoms. The fourth-order valence-electron chi connectivity index (χ4n) is 4.07. The number of nitrogens with zero attached hydrogens (tertiary/aromatic N) is 3. The SMILES string of the molecule is C=N/C(=C\C=C/CC(C)(C)CF)Nc1nc(Nc2ccc3c(c2)CCNC32CC2)ncc1C=O.CCNC. The molecule has 1 fully saturated rings. The van der Waals surface area contributed by atoms with Gasteiger partial charge in [0, 0.05) is 24.0 Å². The average molecular weight is 522 g/mol. The van der Waals surface area contributed by atoms with Crippen LogP contribution in [0.2, 0.25) is 0 Å². The zero-order valence-electron chi connectivity index (χ0n) is 22.9. The van der Waals surface area contributed by atoms with Crippen molar-refractivity contribution in [3.8, 4) is 0 Å². The van der Waals surface area contributed by atoms with E-state index in [4.69, 9.17) is 0 Å². The number of rotatable bonds is 11. The normalized spacial score (nSPS) is 15.9.